The smallest absolute Gasteiger partial charge is 0.263 e. The number of anilines is 1. The Morgan fingerprint density at radius 1 is 1.14 bits per heavy atom. The number of aromatic nitrogens is 3. The maximum Gasteiger partial charge on any atom is 0.263 e. The van der Waals surface area contributed by atoms with Gasteiger partial charge in [0.05, 0.1) is 5.69 Å². The quantitative estimate of drug-likeness (QED) is 0.681. The summed E-state index contributed by atoms with van der Waals surface area (Å²) in [5.74, 6) is 1.55. The van der Waals surface area contributed by atoms with Crippen molar-refractivity contribution in [2.24, 2.45) is 0 Å². The van der Waals surface area contributed by atoms with Gasteiger partial charge in [-0.25, -0.2) is 4.98 Å². The first-order valence-corrected chi connectivity index (χ1v) is 4.37. The maximum absolute atomic E-state index is 5.09. The molecule has 2 rings (SSSR count). The number of rotatable bonds is 1. The van der Waals surface area contributed by atoms with Crippen molar-refractivity contribution in [1.82, 2.24) is 15.1 Å². The molecule has 2 aromatic rings. The Hall–Kier alpha value is -1.65. The molecule has 74 valence electrons. The summed E-state index contributed by atoms with van der Waals surface area (Å²) in [5, 5.41) is 4.77. The molecular weight excluding hydrogens is 180 g/mol. The van der Waals surface area contributed by atoms with Crippen LogP contribution in [0.2, 0.25) is 0 Å². The molecule has 2 aromatic heterocycles. The van der Waals surface area contributed by atoms with Crippen LogP contribution < -0.4 is 4.90 Å². The first-order valence-electron chi connectivity index (χ1n) is 4.37. The van der Waals surface area contributed by atoms with Crippen LogP contribution in [0.4, 0.5) is 5.82 Å². The molecule has 0 spiro atoms. The summed E-state index contributed by atoms with van der Waals surface area (Å²) >= 11 is 0. The Labute approximate surface area is 81.7 Å². The third-order valence-electron chi connectivity index (χ3n) is 2.02. The summed E-state index contributed by atoms with van der Waals surface area (Å²) in [6, 6.07) is 0. The lowest BCUT2D eigenvalue weighted by Gasteiger charge is -2.11. The van der Waals surface area contributed by atoms with Crippen molar-refractivity contribution in [3.8, 4) is 0 Å². The van der Waals surface area contributed by atoms with Gasteiger partial charge in [-0.05, 0) is 13.8 Å². The Balaban J connectivity index is 2.83. The van der Waals surface area contributed by atoms with Gasteiger partial charge in [-0.3, -0.25) is 0 Å². The molecule has 14 heavy (non-hydrogen) atoms. The number of nitrogens with zero attached hydrogens (tertiary/aromatic N) is 4. The zero-order chi connectivity index (χ0) is 10.3. The van der Waals surface area contributed by atoms with Crippen LogP contribution in [0.3, 0.4) is 0 Å². The molecule has 0 saturated carbocycles. The first kappa shape index (κ1) is 8.93. The zero-order valence-electron chi connectivity index (χ0n) is 8.70. The highest BCUT2D eigenvalue weighted by atomic mass is 16.5. The van der Waals surface area contributed by atoms with Gasteiger partial charge < -0.3 is 9.42 Å². The Morgan fingerprint density at radius 2 is 1.86 bits per heavy atom. The lowest BCUT2D eigenvalue weighted by Crippen LogP contribution is -2.12. The second-order valence-corrected chi connectivity index (χ2v) is 3.44. The lowest BCUT2D eigenvalue weighted by atomic mass is 10.3. The van der Waals surface area contributed by atoms with E-state index in [0.717, 1.165) is 16.9 Å². The largest absolute Gasteiger partial charge is 0.362 e. The van der Waals surface area contributed by atoms with Crippen LogP contribution in [-0.2, 0) is 0 Å². The van der Waals surface area contributed by atoms with Crippen molar-refractivity contribution in [3.05, 3.63) is 11.5 Å². The number of hydrogen-bond acceptors (Lipinski definition) is 5. The van der Waals surface area contributed by atoms with E-state index in [2.05, 4.69) is 15.1 Å². The minimum absolute atomic E-state index is 0.554. The maximum atomic E-state index is 5.09. The predicted molar refractivity (Wildman–Crippen MR) is 53.4 cm³/mol. The van der Waals surface area contributed by atoms with Crippen molar-refractivity contribution >= 4 is 16.9 Å². The fourth-order valence-corrected chi connectivity index (χ4v) is 1.40. The second kappa shape index (κ2) is 2.94. The molecule has 0 aromatic carbocycles. The lowest BCUT2D eigenvalue weighted by molar-refractivity contribution is 0.442. The summed E-state index contributed by atoms with van der Waals surface area (Å²) in [5.41, 5.74) is 1.38. The van der Waals surface area contributed by atoms with Gasteiger partial charge in [0.2, 0.25) is 0 Å². The molecule has 0 saturated heterocycles. The van der Waals surface area contributed by atoms with Crippen LogP contribution in [0.1, 0.15) is 11.5 Å². The van der Waals surface area contributed by atoms with E-state index in [1.54, 1.807) is 0 Å². The van der Waals surface area contributed by atoms with Gasteiger partial charge in [0, 0.05) is 14.1 Å². The molecule has 0 amide bonds. The van der Waals surface area contributed by atoms with Crippen molar-refractivity contribution in [2.75, 3.05) is 19.0 Å². The average Bonchev–Trinajstić information content (AvgIpc) is 2.46. The van der Waals surface area contributed by atoms with E-state index >= 15 is 0 Å². The molecule has 0 radical (unpaired) electrons. The normalized spacial score (nSPS) is 10.9. The first-order chi connectivity index (χ1) is 6.59. The Bertz CT molecular complexity index is 475. The van der Waals surface area contributed by atoms with Crippen molar-refractivity contribution in [3.63, 3.8) is 0 Å². The average molecular weight is 192 g/mol. The molecule has 0 atom stereocenters. The topological polar surface area (TPSA) is 55.1 Å². The summed E-state index contributed by atoms with van der Waals surface area (Å²) in [4.78, 5) is 10.5. The monoisotopic (exact) mass is 192 g/mol. The molecule has 0 aliphatic carbocycles. The fourth-order valence-electron chi connectivity index (χ4n) is 1.40. The number of hydrogen-bond donors (Lipinski definition) is 0. The molecule has 0 fully saturated rings. The summed E-state index contributed by atoms with van der Waals surface area (Å²) in [7, 11) is 3.88. The Kier molecular flexibility index (Phi) is 1.87. The fraction of sp³-hybridized carbons (Fsp3) is 0.444. The minimum atomic E-state index is 0.554. The molecule has 0 bridgehead atoms. The summed E-state index contributed by atoms with van der Waals surface area (Å²) in [6.07, 6.45) is 0. The van der Waals surface area contributed by atoms with Gasteiger partial charge in [0.1, 0.15) is 17.0 Å². The van der Waals surface area contributed by atoms with E-state index in [0.29, 0.717) is 11.5 Å². The molecule has 0 unspecified atom stereocenters. The van der Waals surface area contributed by atoms with Crippen LogP contribution >= 0.6 is 0 Å². The molecule has 0 N–H and O–H groups in total. The van der Waals surface area contributed by atoms with E-state index in [9.17, 15) is 0 Å². The second-order valence-electron chi connectivity index (χ2n) is 3.44. The molecular formula is C9H12N4O. The number of fused-ring (bicyclic) bond motifs is 1. The van der Waals surface area contributed by atoms with Crippen molar-refractivity contribution in [2.45, 2.75) is 13.8 Å². The highest BCUT2D eigenvalue weighted by molar-refractivity contribution is 5.87. The Morgan fingerprint density at radius 3 is 2.50 bits per heavy atom. The van der Waals surface area contributed by atoms with Crippen molar-refractivity contribution < 1.29 is 4.52 Å². The standard InChI is InChI=1S/C9H12N4O/c1-5-7-8(13(3)4)10-6(2)11-9(7)14-12-5/h1-4H3. The SMILES string of the molecule is Cc1nc(N(C)C)c2c(C)noc2n1. The number of aryl methyl sites for hydroxylation is 2. The van der Waals surface area contributed by atoms with Crippen LogP contribution in [0.15, 0.2) is 4.52 Å². The molecule has 0 aliphatic heterocycles. The van der Waals surface area contributed by atoms with E-state index in [-0.39, 0.29) is 0 Å². The predicted octanol–water partition coefficient (Wildman–Crippen LogP) is 1.30. The molecule has 5 heteroatoms. The minimum Gasteiger partial charge on any atom is -0.362 e. The van der Waals surface area contributed by atoms with Gasteiger partial charge in [-0.15, -0.1) is 0 Å². The van der Waals surface area contributed by atoms with E-state index in [1.807, 2.05) is 32.8 Å². The van der Waals surface area contributed by atoms with Gasteiger partial charge >= 0.3 is 0 Å². The molecule has 5 nitrogen and oxygen atoms in total. The van der Waals surface area contributed by atoms with Gasteiger partial charge in [-0.2, -0.15) is 4.98 Å². The van der Waals surface area contributed by atoms with E-state index in [4.69, 9.17) is 4.52 Å². The van der Waals surface area contributed by atoms with Crippen LogP contribution in [0, 0.1) is 13.8 Å². The zero-order valence-corrected chi connectivity index (χ0v) is 8.70. The van der Waals surface area contributed by atoms with E-state index < -0.39 is 0 Å². The summed E-state index contributed by atoms with van der Waals surface area (Å²) in [6.45, 7) is 3.72. The summed E-state index contributed by atoms with van der Waals surface area (Å²) < 4.78 is 5.09. The molecule has 0 aliphatic rings. The van der Waals surface area contributed by atoms with Gasteiger partial charge in [0.15, 0.2) is 0 Å². The van der Waals surface area contributed by atoms with Crippen LogP contribution in [0.5, 0.6) is 0 Å². The van der Waals surface area contributed by atoms with E-state index in [1.165, 1.54) is 0 Å². The van der Waals surface area contributed by atoms with Crippen LogP contribution in [-0.4, -0.2) is 29.2 Å². The highest BCUT2D eigenvalue weighted by Crippen LogP contribution is 2.24. The van der Waals surface area contributed by atoms with Gasteiger partial charge in [-0.1, -0.05) is 5.16 Å². The van der Waals surface area contributed by atoms with Crippen molar-refractivity contribution in [1.29, 1.82) is 0 Å². The molecule has 2 heterocycles. The van der Waals surface area contributed by atoms with Crippen LogP contribution in [0.25, 0.3) is 11.1 Å². The van der Waals surface area contributed by atoms with Gasteiger partial charge in [0.25, 0.3) is 5.71 Å². The third-order valence-corrected chi connectivity index (χ3v) is 2.02. The highest BCUT2D eigenvalue weighted by Gasteiger charge is 2.14. The third kappa shape index (κ3) is 1.21.